The number of carbonyl (C=O) groups is 1. The Morgan fingerprint density at radius 1 is 1.26 bits per heavy atom. The van der Waals surface area contributed by atoms with Crippen molar-refractivity contribution in [3.05, 3.63) is 41.0 Å². The lowest BCUT2D eigenvalue weighted by Crippen LogP contribution is -2.44. The average molecular weight is 441 g/mol. The summed E-state index contributed by atoms with van der Waals surface area (Å²) < 4.78 is 7.21. The van der Waals surface area contributed by atoms with Gasteiger partial charge < -0.3 is 9.64 Å². The van der Waals surface area contributed by atoms with Crippen molar-refractivity contribution < 1.29 is 9.53 Å². The summed E-state index contributed by atoms with van der Waals surface area (Å²) in [6.07, 6.45) is 1.62. The van der Waals surface area contributed by atoms with E-state index in [4.69, 9.17) is 15.1 Å². The largest absolute Gasteiger partial charge is 0.378 e. The van der Waals surface area contributed by atoms with Gasteiger partial charge in [-0.05, 0) is 37.5 Å². The molecule has 9 heteroatoms. The van der Waals surface area contributed by atoms with E-state index >= 15 is 0 Å². The normalized spacial score (nSPS) is 15.4. The molecule has 3 heterocycles. The van der Waals surface area contributed by atoms with Crippen molar-refractivity contribution in [3.8, 4) is 5.69 Å². The molecule has 1 atom stereocenters. The van der Waals surface area contributed by atoms with E-state index in [0.717, 1.165) is 17.8 Å². The number of aromatic amines is 1. The third-order valence-corrected chi connectivity index (χ3v) is 6.90. The number of rotatable bonds is 6. The van der Waals surface area contributed by atoms with Gasteiger partial charge in [-0.15, -0.1) is 0 Å². The zero-order chi connectivity index (χ0) is 22.0. The zero-order valence-corrected chi connectivity index (χ0v) is 19.0. The first kappa shape index (κ1) is 21.6. The van der Waals surface area contributed by atoms with E-state index in [1.807, 2.05) is 35.4 Å². The number of morpholine rings is 1. The van der Waals surface area contributed by atoms with Crippen molar-refractivity contribution >= 4 is 28.7 Å². The molecule has 0 aliphatic carbocycles. The fourth-order valence-corrected chi connectivity index (χ4v) is 4.86. The minimum atomic E-state index is -0.288. The Hall–Kier alpha value is -2.65. The highest BCUT2D eigenvalue weighted by Gasteiger charge is 2.27. The van der Waals surface area contributed by atoms with Gasteiger partial charge in [0.05, 0.1) is 23.8 Å². The van der Waals surface area contributed by atoms with E-state index in [0.29, 0.717) is 54.4 Å². The number of carbonyl (C=O) groups excluding carboxylic acids is 1. The van der Waals surface area contributed by atoms with Crippen LogP contribution in [0.3, 0.4) is 0 Å². The van der Waals surface area contributed by atoms with Gasteiger partial charge in [0, 0.05) is 24.5 Å². The van der Waals surface area contributed by atoms with Gasteiger partial charge in [-0.3, -0.25) is 19.9 Å². The predicted octanol–water partition coefficient (Wildman–Crippen LogP) is 2.83. The Bertz CT molecular complexity index is 1130. The number of amides is 1. The maximum atomic E-state index is 13.2. The molecular weight excluding hydrogens is 412 g/mol. The SMILES string of the molecule is CCc1ccc(-n2c(S[C@@H](CC)C(=O)N3CCOCC3)nc3n[nH]c(C)c3c2=N)cc1. The number of ether oxygens (including phenoxy) is 1. The molecule has 2 N–H and O–H groups in total. The first-order valence-corrected chi connectivity index (χ1v) is 11.6. The monoisotopic (exact) mass is 440 g/mol. The summed E-state index contributed by atoms with van der Waals surface area (Å²) in [6, 6.07) is 8.15. The van der Waals surface area contributed by atoms with Gasteiger partial charge in [0.2, 0.25) is 5.91 Å². The van der Waals surface area contributed by atoms with Crippen LogP contribution in [0.25, 0.3) is 16.7 Å². The van der Waals surface area contributed by atoms with Crippen LogP contribution >= 0.6 is 11.8 Å². The summed E-state index contributed by atoms with van der Waals surface area (Å²) in [5, 5.41) is 17.1. The van der Waals surface area contributed by atoms with Crippen LogP contribution in [0.1, 0.15) is 31.5 Å². The fraction of sp³-hybridized carbons (Fsp3) is 0.455. The van der Waals surface area contributed by atoms with Crippen LogP contribution < -0.4 is 5.49 Å². The van der Waals surface area contributed by atoms with Crippen molar-refractivity contribution in [2.75, 3.05) is 26.3 Å². The molecule has 0 bridgehead atoms. The number of benzene rings is 1. The number of nitrogens with zero attached hydrogens (tertiary/aromatic N) is 4. The van der Waals surface area contributed by atoms with Gasteiger partial charge in [0.1, 0.15) is 5.49 Å². The number of aryl methyl sites for hydroxylation is 2. The third-order valence-electron chi connectivity index (χ3n) is 5.60. The zero-order valence-electron chi connectivity index (χ0n) is 18.1. The maximum absolute atomic E-state index is 13.2. The minimum absolute atomic E-state index is 0.0929. The van der Waals surface area contributed by atoms with Gasteiger partial charge in [0.25, 0.3) is 0 Å². The van der Waals surface area contributed by atoms with E-state index < -0.39 is 0 Å². The summed E-state index contributed by atoms with van der Waals surface area (Å²) in [4.78, 5) is 19.8. The van der Waals surface area contributed by atoms with E-state index in [-0.39, 0.29) is 11.2 Å². The second-order valence-corrected chi connectivity index (χ2v) is 8.77. The lowest BCUT2D eigenvalue weighted by atomic mass is 10.1. The lowest BCUT2D eigenvalue weighted by molar-refractivity contribution is -0.134. The van der Waals surface area contributed by atoms with Gasteiger partial charge in [-0.1, -0.05) is 37.7 Å². The highest BCUT2D eigenvalue weighted by Crippen LogP contribution is 2.28. The summed E-state index contributed by atoms with van der Waals surface area (Å²) in [5.41, 5.74) is 3.71. The average Bonchev–Trinajstić information content (AvgIpc) is 3.18. The topological polar surface area (TPSA) is 99.9 Å². The van der Waals surface area contributed by atoms with Crippen molar-refractivity contribution in [2.45, 2.75) is 44.0 Å². The molecule has 1 aliphatic rings. The number of fused-ring (bicyclic) bond motifs is 1. The Balaban J connectivity index is 1.78. The standard InChI is InChI=1S/C22H28N6O2S/c1-4-15-6-8-16(9-7-15)28-19(23)18-14(3)25-26-20(18)24-22(28)31-17(5-2)21(29)27-10-12-30-13-11-27/h6-9,17,23H,4-5,10-13H2,1-3H3,(H,25,26)/t17-/m0/s1. The van der Waals surface area contributed by atoms with Crippen LogP contribution in [-0.4, -0.2) is 62.1 Å². The van der Waals surface area contributed by atoms with Gasteiger partial charge >= 0.3 is 0 Å². The van der Waals surface area contributed by atoms with Crippen LogP contribution in [0.2, 0.25) is 0 Å². The molecule has 1 fully saturated rings. The fourth-order valence-electron chi connectivity index (χ4n) is 3.75. The van der Waals surface area contributed by atoms with E-state index in [2.05, 4.69) is 29.3 Å². The lowest BCUT2D eigenvalue weighted by Gasteiger charge is -2.30. The van der Waals surface area contributed by atoms with Gasteiger partial charge in [0.15, 0.2) is 10.8 Å². The van der Waals surface area contributed by atoms with E-state index in [1.54, 1.807) is 0 Å². The number of thioether (sulfide) groups is 1. The van der Waals surface area contributed by atoms with E-state index in [9.17, 15) is 4.79 Å². The van der Waals surface area contributed by atoms with Crippen molar-refractivity contribution in [2.24, 2.45) is 0 Å². The minimum Gasteiger partial charge on any atom is -0.378 e. The first-order chi connectivity index (χ1) is 15.0. The molecule has 8 nitrogen and oxygen atoms in total. The molecule has 1 amide bonds. The number of H-pyrrole nitrogens is 1. The van der Waals surface area contributed by atoms with Crippen molar-refractivity contribution in [3.63, 3.8) is 0 Å². The number of aromatic nitrogens is 4. The van der Waals surface area contributed by atoms with Crippen LogP contribution in [0.4, 0.5) is 0 Å². The molecule has 0 unspecified atom stereocenters. The molecule has 31 heavy (non-hydrogen) atoms. The highest BCUT2D eigenvalue weighted by molar-refractivity contribution is 8.00. The number of hydrogen-bond donors (Lipinski definition) is 2. The summed E-state index contributed by atoms with van der Waals surface area (Å²) in [7, 11) is 0. The molecule has 0 spiro atoms. The van der Waals surface area contributed by atoms with Crippen molar-refractivity contribution in [1.29, 1.82) is 5.41 Å². The summed E-state index contributed by atoms with van der Waals surface area (Å²) in [5.74, 6) is 0.0929. The van der Waals surface area contributed by atoms with E-state index in [1.165, 1.54) is 17.3 Å². The number of nitrogens with one attached hydrogen (secondary N) is 2. The van der Waals surface area contributed by atoms with Crippen LogP contribution in [-0.2, 0) is 16.0 Å². The molecule has 0 radical (unpaired) electrons. The van der Waals surface area contributed by atoms with Crippen LogP contribution in [0.5, 0.6) is 0 Å². The Morgan fingerprint density at radius 2 is 1.97 bits per heavy atom. The second kappa shape index (κ2) is 9.23. The number of hydrogen-bond acceptors (Lipinski definition) is 6. The molecule has 1 aromatic carbocycles. The molecule has 4 rings (SSSR count). The predicted molar refractivity (Wildman–Crippen MR) is 121 cm³/mol. The van der Waals surface area contributed by atoms with Crippen LogP contribution in [0, 0.1) is 12.3 Å². The van der Waals surface area contributed by atoms with Crippen LogP contribution in [0.15, 0.2) is 29.4 Å². The molecule has 1 aliphatic heterocycles. The molecular formula is C22H28N6O2S. The molecule has 2 aromatic heterocycles. The maximum Gasteiger partial charge on any atom is 0.236 e. The molecule has 164 valence electrons. The highest BCUT2D eigenvalue weighted by atomic mass is 32.2. The summed E-state index contributed by atoms with van der Waals surface area (Å²) >= 11 is 1.41. The quantitative estimate of drug-likeness (QED) is 0.454. The summed E-state index contributed by atoms with van der Waals surface area (Å²) in [6.45, 7) is 8.39. The van der Waals surface area contributed by atoms with Crippen molar-refractivity contribution in [1.82, 2.24) is 24.6 Å². The van der Waals surface area contributed by atoms with Gasteiger partial charge in [-0.25, -0.2) is 4.98 Å². The molecule has 1 saturated heterocycles. The molecule has 0 saturated carbocycles. The second-order valence-electron chi connectivity index (χ2n) is 7.60. The third kappa shape index (κ3) is 4.24. The Morgan fingerprint density at radius 3 is 2.61 bits per heavy atom. The van der Waals surface area contributed by atoms with Gasteiger partial charge in [-0.2, -0.15) is 5.10 Å². The smallest absolute Gasteiger partial charge is 0.236 e. The molecule has 3 aromatic rings. The first-order valence-electron chi connectivity index (χ1n) is 10.7. The Labute approximate surface area is 185 Å². The Kier molecular flexibility index (Phi) is 6.43.